The number of rotatable bonds is 1. The predicted molar refractivity (Wildman–Crippen MR) is 38.2 cm³/mol. The Kier molecular flexibility index (Phi) is 5.49. The molecule has 0 saturated carbocycles. The van der Waals surface area contributed by atoms with E-state index < -0.39 is 0 Å². The molecule has 2 radical (unpaired) electrons. The zero-order valence-corrected chi connectivity index (χ0v) is 12.5. The van der Waals surface area contributed by atoms with Crippen molar-refractivity contribution in [2.24, 2.45) is 0 Å². The van der Waals surface area contributed by atoms with Crippen molar-refractivity contribution >= 4 is 17.3 Å². The summed E-state index contributed by atoms with van der Waals surface area (Å²) in [6.45, 7) is 0. The van der Waals surface area contributed by atoms with Crippen LogP contribution in [0.2, 0.25) is 0 Å². The maximum Gasteiger partial charge on any atom is 0.155 e. The van der Waals surface area contributed by atoms with Gasteiger partial charge in [-0.15, -0.1) is 17.5 Å². The largest absolute Gasteiger partial charge is 0.534 e. The van der Waals surface area contributed by atoms with Gasteiger partial charge in [0.1, 0.15) is 0 Å². The van der Waals surface area contributed by atoms with Crippen molar-refractivity contribution in [2.45, 2.75) is 0 Å². The number of hydrogen-bond acceptors (Lipinski definition) is 3. The van der Waals surface area contributed by atoms with Crippen LogP contribution in [0.3, 0.4) is 0 Å². The first-order chi connectivity index (χ1) is 5.40. The standard InChI is InChI=1S/C8H4NO2.Am.Y/c10-5-7-3-6-1-2-11-8(6)4-9-7;;/h2-5H;;/q-1;;. The normalized spacial score (nSPS) is 8.62. The van der Waals surface area contributed by atoms with Crippen LogP contribution < -0.4 is 0 Å². The van der Waals surface area contributed by atoms with Crippen molar-refractivity contribution in [2.75, 3.05) is 0 Å². The van der Waals surface area contributed by atoms with Crippen molar-refractivity contribution in [3.05, 3.63) is 30.3 Å². The molecule has 0 amide bonds. The Labute approximate surface area is 108 Å². The number of fused-ring (bicyclic) bond motifs is 1. The molecule has 2 aromatic rings. The number of carbonyl (C=O) groups excluding carboxylic acids is 1. The summed E-state index contributed by atoms with van der Waals surface area (Å²) in [6.07, 6.45) is 3.65. The molecule has 0 unspecified atom stereocenters. The van der Waals surface area contributed by atoms with E-state index in [9.17, 15) is 4.79 Å². The van der Waals surface area contributed by atoms with Gasteiger partial charge in [-0.25, -0.2) is 0 Å². The summed E-state index contributed by atoms with van der Waals surface area (Å²) in [4.78, 5) is 14.1. The minimum Gasteiger partial charge on any atom is -0.534 e. The molecule has 0 aromatic carbocycles. The number of nitrogens with zero attached hydrogens (tertiary/aromatic N) is 1. The Morgan fingerprint density at radius 3 is 3.00 bits per heavy atom. The molecule has 2 rings (SSSR count). The second-order valence-corrected chi connectivity index (χ2v) is 2.10. The minimum atomic E-state index is 0. The fourth-order valence-electron chi connectivity index (χ4n) is 0.887. The molecule has 5 heteroatoms. The SMILES string of the molecule is O=Cc1cc2[c-]coc2cn1.[Am].[Y]. The first-order valence-corrected chi connectivity index (χ1v) is 3.10. The summed E-state index contributed by atoms with van der Waals surface area (Å²) in [5, 5.41) is 0.780. The minimum absolute atomic E-state index is 0. The fourth-order valence-corrected chi connectivity index (χ4v) is 0.887. The van der Waals surface area contributed by atoms with Gasteiger partial charge in [-0.05, 0) is 0 Å². The van der Waals surface area contributed by atoms with E-state index in [1.54, 1.807) is 6.07 Å². The van der Waals surface area contributed by atoms with Crippen molar-refractivity contribution in [1.29, 1.82) is 0 Å². The van der Waals surface area contributed by atoms with Gasteiger partial charge < -0.3 is 4.42 Å². The molecule has 0 spiro atoms. The van der Waals surface area contributed by atoms with E-state index >= 15 is 0 Å². The summed E-state index contributed by atoms with van der Waals surface area (Å²) in [5.74, 6) is 0. The van der Waals surface area contributed by atoms with Gasteiger partial charge in [-0.1, -0.05) is 0 Å². The molecular formula is C8H4AmNO2Y-. The maximum absolute atomic E-state index is 10.3. The van der Waals surface area contributed by atoms with Crippen LogP contribution in [0.4, 0.5) is 0 Å². The van der Waals surface area contributed by atoms with Crippen LogP contribution in [-0.2, 0) is 32.7 Å². The molecule has 64 valence electrons. The van der Waals surface area contributed by atoms with Gasteiger partial charge in [0.25, 0.3) is 0 Å². The van der Waals surface area contributed by atoms with Crippen molar-refractivity contribution in [3.8, 4) is 0 Å². The zero-order chi connectivity index (χ0) is 7.68. The van der Waals surface area contributed by atoms with E-state index in [-0.39, 0.29) is 47.0 Å². The van der Waals surface area contributed by atoms with Crippen LogP contribution in [0, 0.1) is 20.3 Å². The topological polar surface area (TPSA) is 43.1 Å². The van der Waals surface area contributed by atoms with Crippen LogP contribution in [0.1, 0.15) is 10.5 Å². The molecule has 0 N–H and O–H groups in total. The summed E-state index contributed by atoms with van der Waals surface area (Å²) in [6, 6.07) is 4.46. The first-order valence-electron chi connectivity index (χ1n) is 3.10. The quantitative estimate of drug-likeness (QED) is 0.461. The predicted octanol–water partition coefficient (Wildman–Crippen LogP) is 1.44. The van der Waals surface area contributed by atoms with Crippen LogP contribution in [0.25, 0.3) is 11.0 Å². The Balaban J connectivity index is 0.000000720. The van der Waals surface area contributed by atoms with Gasteiger partial charge in [-0.3, -0.25) is 9.78 Å². The number of hydrogen-bond donors (Lipinski definition) is 0. The van der Waals surface area contributed by atoms with E-state index in [0.717, 1.165) is 5.39 Å². The molecule has 2 heterocycles. The van der Waals surface area contributed by atoms with Crippen molar-refractivity contribution < 1.29 is 56.2 Å². The summed E-state index contributed by atoms with van der Waals surface area (Å²) >= 11 is 0. The molecular weight excluding hydrogens is 474 g/mol. The van der Waals surface area contributed by atoms with E-state index in [0.29, 0.717) is 17.6 Å². The van der Waals surface area contributed by atoms with E-state index in [1.807, 2.05) is 0 Å². The number of aldehydes is 1. The number of carbonyl (C=O) groups is 1. The van der Waals surface area contributed by atoms with Gasteiger partial charge in [-0.2, -0.15) is 0 Å². The molecule has 0 bridgehead atoms. The second-order valence-electron chi connectivity index (χ2n) is 2.10. The van der Waals surface area contributed by atoms with Crippen LogP contribution >= 0.6 is 0 Å². The van der Waals surface area contributed by atoms with Gasteiger partial charge in [0.15, 0.2) is 6.29 Å². The third-order valence-electron chi connectivity index (χ3n) is 1.41. The summed E-state index contributed by atoms with van der Waals surface area (Å²) < 4.78 is 4.98. The van der Waals surface area contributed by atoms with Crippen LogP contribution in [-0.4, -0.2) is 11.3 Å². The number of furan rings is 1. The van der Waals surface area contributed by atoms with Gasteiger partial charge in [0.2, 0.25) is 0 Å². The molecule has 13 heavy (non-hydrogen) atoms. The average Bonchev–Trinajstić information content (AvgIpc) is 2.50. The van der Waals surface area contributed by atoms with Gasteiger partial charge in [0.05, 0.1) is 0 Å². The number of pyridine rings is 1. The monoisotopic (exact) mass is 476 g/mol. The Hall–Kier alpha value is -0.146. The second kappa shape index (κ2) is 5.56. The number of aromatic nitrogens is 1. The first kappa shape index (κ1) is 12.9. The molecule has 3 nitrogen and oxygen atoms in total. The van der Waals surface area contributed by atoms with Crippen LogP contribution in [0.15, 0.2) is 22.9 Å². The van der Waals surface area contributed by atoms with Crippen molar-refractivity contribution in [1.82, 2.24) is 4.98 Å². The van der Waals surface area contributed by atoms with Crippen molar-refractivity contribution in [3.63, 3.8) is 0 Å². The molecule has 0 fully saturated rings. The average molecular weight is 478 g/mol. The van der Waals surface area contributed by atoms with E-state index in [4.69, 9.17) is 4.42 Å². The zero-order valence-electron chi connectivity index (χ0n) is 6.53. The van der Waals surface area contributed by atoms with Gasteiger partial charge in [0, 0.05) is 70.7 Å². The molecule has 0 aliphatic heterocycles. The fraction of sp³-hybridized carbons (Fsp3) is 0. The van der Waals surface area contributed by atoms with Crippen LogP contribution in [0.5, 0.6) is 0 Å². The Morgan fingerprint density at radius 1 is 1.54 bits per heavy atom. The third kappa shape index (κ3) is 2.65. The van der Waals surface area contributed by atoms with E-state index in [2.05, 4.69) is 11.1 Å². The van der Waals surface area contributed by atoms with E-state index in [1.165, 1.54) is 12.5 Å². The summed E-state index contributed by atoms with van der Waals surface area (Å²) in [7, 11) is 0. The maximum atomic E-state index is 10.3. The molecule has 0 aliphatic carbocycles. The molecule has 0 atom stereocenters. The Bertz CT molecular complexity index is 402. The molecule has 0 saturated heterocycles. The molecule has 0 aliphatic rings. The van der Waals surface area contributed by atoms with Gasteiger partial charge >= 0.3 is 0 Å². The summed E-state index contributed by atoms with van der Waals surface area (Å²) in [5.41, 5.74) is 1.05. The third-order valence-corrected chi connectivity index (χ3v) is 1.41. The molecule has 2 aromatic heterocycles. The smallest absolute Gasteiger partial charge is 0.155 e. The Morgan fingerprint density at radius 2 is 2.31 bits per heavy atom.